The maximum atomic E-state index is 6.28. The third-order valence-corrected chi connectivity index (χ3v) is 6.58. The van der Waals surface area contributed by atoms with Crippen LogP contribution >= 0.6 is 0 Å². The number of aliphatic imine (C=N–C) groups is 3. The van der Waals surface area contributed by atoms with E-state index in [-0.39, 0.29) is 5.41 Å². The van der Waals surface area contributed by atoms with E-state index in [0.29, 0.717) is 19.5 Å². The fourth-order valence-corrected chi connectivity index (χ4v) is 4.67. The van der Waals surface area contributed by atoms with Gasteiger partial charge in [0, 0.05) is 54.9 Å². The molecular formula is C30H44N6. The van der Waals surface area contributed by atoms with E-state index in [2.05, 4.69) is 80.2 Å². The first-order chi connectivity index (χ1) is 17.4. The number of allylic oxidation sites excluding steroid dienone is 3. The van der Waals surface area contributed by atoms with Crippen LogP contribution in [0.1, 0.15) is 64.5 Å². The minimum atomic E-state index is -0.224. The van der Waals surface area contributed by atoms with Crippen molar-refractivity contribution in [1.82, 2.24) is 4.90 Å². The third-order valence-electron chi connectivity index (χ3n) is 6.58. The summed E-state index contributed by atoms with van der Waals surface area (Å²) in [6, 6.07) is 6.15. The molecule has 0 amide bonds. The molecule has 1 aliphatic heterocycles. The lowest BCUT2D eigenvalue weighted by atomic mass is 9.71. The number of nitrogen functional groups attached to an aromatic ring is 1. The van der Waals surface area contributed by atoms with Crippen molar-refractivity contribution in [3.05, 3.63) is 76.8 Å². The number of rotatable bonds is 15. The quantitative estimate of drug-likeness (QED) is 0.235. The van der Waals surface area contributed by atoms with Gasteiger partial charge in [-0.15, -0.1) is 0 Å². The molecule has 1 heterocycles. The minimum absolute atomic E-state index is 0.224. The van der Waals surface area contributed by atoms with Crippen molar-refractivity contribution < 1.29 is 0 Å². The van der Waals surface area contributed by atoms with Gasteiger partial charge in [0.1, 0.15) is 0 Å². The molecule has 36 heavy (non-hydrogen) atoms. The molecule has 0 aromatic heterocycles. The summed E-state index contributed by atoms with van der Waals surface area (Å²) < 4.78 is 0. The number of hydrogen-bond donors (Lipinski definition) is 2. The Kier molecular flexibility index (Phi) is 12.1. The highest BCUT2D eigenvalue weighted by molar-refractivity contribution is 5.83. The fraction of sp³-hybridized carbons (Fsp3) is 0.433. The summed E-state index contributed by atoms with van der Waals surface area (Å²) in [5.41, 5.74) is 18.4. The number of nitrogens with zero attached hydrogens (tertiary/aromatic N) is 4. The van der Waals surface area contributed by atoms with Gasteiger partial charge in [-0.05, 0) is 86.6 Å². The summed E-state index contributed by atoms with van der Waals surface area (Å²) in [4.78, 5) is 15.7. The molecule has 2 rings (SSSR count). The summed E-state index contributed by atoms with van der Waals surface area (Å²) >= 11 is 0. The zero-order valence-electron chi connectivity index (χ0n) is 22.6. The normalized spacial score (nSPS) is 16.6. The van der Waals surface area contributed by atoms with Gasteiger partial charge >= 0.3 is 0 Å². The van der Waals surface area contributed by atoms with Crippen LogP contribution in [0.25, 0.3) is 0 Å². The lowest BCUT2D eigenvalue weighted by Gasteiger charge is -2.33. The number of benzene rings is 1. The van der Waals surface area contributed by atoms with Gasteiger partial charge in [0.15, 0.2) is 0 Å². The summed E-state index contributed by atoms with van der Waals surface area (Å²) in [5.74, 6) is 0. The predicted molar refractivity (Wildman–Crippen MR) is 158 cm³/mol. The van der Waals surface area contributed by atoms with Crippen molar-refractivity contribution in [1.29, 1.82) is 0 Å². The summed E-state index contributed by atoms with van der Waals surface area (Å²) in [7, 11) is 0. The van der Waals surface area contributed by atoms with Gasteiger partial charge in [0.2, 0.25) is 0 Å². The molecule has 0 fully saturated rings. The molecule has 194 valence electrons. The molecule has 0 spiro atoms. The second-order valence-electron chi connectivity index (χ2n) is 9.25. The molecule has 1 atom stereocenters. The van der Waals surface area contributed by atoms with Gasteiger partial charge in [0.05, 0.1) is 6.54 Å². The highest BCUT2D eigenvalue weighted by atomic mass is 15.2. The van der Waals surface area contributed by atoms with Gasteiger partial charge in [-0.1, -0.05) is 38.5 Å². The van der Waals surface area contributed by atoms with Crippen LogP contribution in [0.15, 0.2) is 80.6 Å². The summed E-state index contributed by atoms with van der Waals surface area (Å²) in [6.45, 7) is 15.1. The first-order valence-corrected chi connectivity index (χ1v) is 12.9. The fourth-order valence-electron chi connectivity index (χ4n) is 4.67. The standard InChI is InChI=1S/C30H44N6/c1-6-14-30(4,26(8-3)23-34-16-12-28-13-18-36(28)17-7-2)29-19-27(32)10-9-25(29)22-35-21-24(11-15-31)20-33-5/h7-10,13,17,19-21,23H,5-6,11-12,14-16,18,22,31-32H2,1-4H3/b17-7-,24-20-,26-8+,34-23-,35-21-. The monoisotopic (exact) mass is 488 g/mol. The molecule has 1 aromatic rings. The Hall–Kier alpha value is -3.25. The Labute approximate surface area is 218 Å². The van der Waals surface area contributed by atoms with Crippen LogP contribution in [-0.2, 0) is 12.0 Å². The van der Waals surface area contributed by atoms with Crippen molar-refractivity contribution in [2.75, 3.05) is 25.4 Å². The van der Waals surface area contributed by atoms with Gasteiger partial charge in [-0.25, -0.2) is 0 Å². The van der Waals surface area contributed by atoms with E-state index < -0.39 is 0 Å². The largest absolute Gasteiger partial charge is 0.399 e. The zero-order valence-corrected chi connectivity index (χ0v) is 22.6. The van der Waals surface area contributed by atoms with Gasteiger partial charge in [-0.3, -0.25) is 15.0 Å². The first kappa shape index (κ1) is 29.0. The van der Waals surface area contributed by atoms with Gasteiger partial charge < -0.3 is 16.4 Å². The van der Waals surface area contributed by atoms with Gasteiger partial charge in [-0.2, -0.15) is 0 Å². The molecule has 0 radical (unpaired) electrons. The van der Waals surface area contributed by atoms with Crippen molar-refractivity contribution in [3.63, 3.8) is 0 Å². The van der Waals surface area contributed by atoms with Crippen molar-refractivity contribution in [2.24, 2.45) is 20.7 Å². The highest BCUT2D eigenvalue weighted by Gasteiger charge is 2.31. The SMILES string of the molecule is C=N/C=C(\C=N/Cc1ccc(N)cc1C(C)(CCC)C(/C=N\CCC1=CCN1/C=C\C)=C/C)CCN. The van der Waals surface area contributed by atoms with Crippen LogP contribution < -0.4 is 11.5 Å². The molecule has 0 aliphatic carbocycles. The molecule has 0 saturated heterocycles. The van der Waals surface area contributed by atoms with E-state index in [4.69, 9.17) is 21.5 Å². The van der Waals surface area contributed by atoms with Crippen LogP contribution in [0.4, 0.5) is 5.69 Å². The van der Waals surface area contributed by atoms with Crippen LogP contribution in [0.3, 0.4) is 0 Å². The van der Waals surface area contributed by atoms with Gasteiger partial charge in [0.25, 0.3) is 0 Å². The summed E-state index contributed by atoms with van der Waals surface area (Å²) in [5, 5.41) is 0. The maximum Gasteiger partial charge on any atom is 0.0642 e. The number of hydrogen-bond acceptors (Lipinski definition) is 6. The van der Waals surface area contributed by atoms with E-state index in [0.717, 1.165) is 49.2 Å². The van der Waals surface area contributed by atoms with E-state index in [9.17, 15) is 0 Å². The van der Waals surface area contributed by atoms with Crippen LogP contribution in [0, 0.1) is 0 Å². The number of nitrogens with two attached hydrogens (primary N) is 2. The molecule has 6 nitrogen and oxygen atoms in total. The van der Waals surface area contributed by atoms with Crippen molar-refractivity contribution in [2.45, 2.75) is 65.3 Å². The molecule has 0 saturated carbocycles. The van der Waals surface area contributed by atoms with E-state index in [1.54, 1.807) is 6.20 Å². The molecule has 1 aliphatic rings. The Balaban J connectivity index is 2.28. The van der Waals surface area contributed by atoms with Crippen LogP contribution in [0.2, 0.25) is 0 Å². The third kappa shape index (κ3) is 7.89. The topological polar surface area (TPSA) is 92.4 Å². The lowest BCUT2D eigenvalue weighted by molar-refractivity contribution is 0.434. The summed E-state index contributed by atoms with van der Waals surface area (Å²) in [6.07, 6.45) is 18.0. The van der Waals surface area contributed by atoms with Crippen LogP contribution in [-0.4, -0.2) is 43.7 Å². The van der Waals surface area contributed by atoms with Crippen molar-refractivity contribution >= 4 is 24.8 Å². The molecular weight excluding hydrogens is 444 g/mol. The Bertz CT molecular complexity index is 1040. The van der Waals surface area contributed by atoms with Crippen LogP contribution in [0.5, 0.6) is 0 Å². The molecule has 1 aromatic carbocycles. The van der Waals surface area contributed by atoms with E-state index >= 15 is 0 Å². The molecule has 1 unspecified atom stereocenters. The average Bonchev–Trinajstić information content (AvgIpc) is 2.85. The van der Waals surface area contributed by atoms with E-state index in [1.807, 2.05) is 19.2 Å². The Morgan fingerprint density at radius 2 is 2.03 bits per heavy atom. The zero-order chi connectivity index (χ0) is 26.4. The second-order valence-corrected chi connectivity index (χ2v) is 9.25. The molecule has 0 bridgehead atoms. The molecule has 4 N–H and O–H groups in total. The molecule has 6 heteroatoms. The second kappa shape index (κ2) is 15.0. The Morgan fingerprint density at radius 1 is 1.22 bits per heavy atom. The highest BCUT2D eigenvalue weighted by Crippen LogP contribution is 2.39. The average molecular weight is 489 g/mol. The predicted octanol–water partition coefficient (Wildman–Crippen LogP) is 5.97. The maximum absolute atomic E-state index is 6.28. The smallest absolute Gasteiger partial charge is 0.0642 e. The number of anilines is 1. The Morgan fingerprint density at radius 3 is 2.64 bits per heavy atom. The van der Waals surface area contributed by atoms with E-state index in [1.165, 1.54) is 16.8 Å². The van der Waals surface area contributed by atoms with Crippen molar-refractivity contribution in [3.8, 4) is 0 Å². The first-order valence-electron chi connectivity index (χ1n) is 12.9. The lowest BCUT2D eigenvalue weighted by Crippen LogP contribution is -2.28. The minimum Gasteiger partial charge on any atom is -0.399 e.